The summed E-state index contributed by atoms with van der Waals surface area (Å²) in [6.45, 7) is 0.0525. The number of rotatable bonds is 4. The van der Waals surface area contributed by atoms with E-state index in [0.29, 0.717) is 16.1 Å². The van der Waals surface area contributed by atoms with Crippen LogP contribution in [0.2, 0.25) is 0 Å². The number of anilines is 1. The number of carbonyl (C=O) groups excluding carboxylic acids is 2. The van der Waals surface area contributed by atoms with Crippen LogP contribution in [0, 0.1) is 12.3 Å². The lowest BCUT2D eigenvalue weighted by Gasteiger charge is -2.21. The van der Waals surface area contributed by atoms with Crippen LogP contribution in [0.4, 0.5) is 5.69 Å². The fourth-order valence-electron chi connectivity index (χ4n) is 2.71. The number of fused-ring (bicyclic) bond motifs is 1. The molecule has 1 aromatic carbocycles. The molecule has 2 aromatic rings. The maximum atomic E-state index is 12.7. The van der Waals surface area contributed by atoms with E-state index in [4.69, 9.17) is 6.42 Å². The van der Waals surface area contributed by atoms with Gasteiger partial charge in [-0.3, -0.25) is 14.5 Å². The summed E-state index contributed by atoms with van der Waals surface area (Å²) in [7, 11) is 0. The molecule has 4 nitrogen and oxygen atoms in total. The van der Waals surface area contributed by atoms with Crippen LogP contribution in [0.25, 0.3) is 0 Å². The molecule has 23 heavy (non-hydrogen) atoms. The van der Waals surface area contributed by atoms with Crippen molar-refractivity contribution in [2.45, 2.75) is 12.0 Å². The van der Waals surface area contributed by atoms with Gasteiger partial charge in [0.15, 0.2) is 11.4 Å². The minimum Gasteiger partial charge on any atom is -0.375 e. The summed E-state index contributed by atoms with van der Waals surface area (Å²) in [4.78, 5) is 27.0. The molecule has 1 amide bonds. The lowest BCUT2D eigenvalue weighted by molar-refractivity contribution is -0.135. The number of benzene rings is 1. The molecule has 2 heterocycles. The first kappa shape index (κ1) is 15.9. The molecule has 0 saturated carbocycles. The van der Waals surface area contributed by atoms with Gasteiger partial charge in [0.05, 0.1) is 27.3 Å². The number of ketones is 1. The summed E-state index contributed by atoms with van der Waals surface area (Å²) in [5, 5.41) is 11.0. The van der Waals surface area contributed by atoms with E-state index in [9.17, 15) is 14.7 Å². The largest absolute Gasteiger partial charge is 0.375 e. The maximum Gasteiger partial charge on any atom is 0.265 e. The van der Waals surface area contributed by atoms with E-state index in [1.54, 1.807) is 36.4 Å². The van der Waals surface area contributed by atoms with E-state index in [2.05, 4.69) is 21.9 Å². The first-order chi connectivity index (χ1) is 11.0. The second-order valence-corrected chi connectivity index (χ2v) is 7.64. The summed E-state index contributed by atoms with van der Waals surface area (Å²) in [6, 6.07) is 10.3. The van der Waals surface area contributed by atoms with Crippen LogP contribution in [0.15, 0.2) is 40.2 Å². The van der Waals surface area contributed by atoms with Crippen molar-refractivity contribution in [1.29, 1.82) is 0 Å². The Kier molecular flexibility index (Phi) is 4.11. The second kappa shape index (κ2) is 5.93. The van der Waals surface area contributed by atoms with E-state index in [-0.39, 0.29) is 18.7 Å². The van der Waals surface area contributed by atoms with Crippen LogP contribution in [0.1, 0.15) is 21.7 Å². The number of aliphatic hydroxyl groups is 1. The van der Waals surface area contributed by atoms with Gasteiger partial charge in [0.1, 0.15) is 0 Å². The predicted molar refractivity (Wildman–Crippen MR) is 92.5 cm³/mol. The number of para-hydroxylation sites is 1. The predicted octanol–water partition coefficient (Wildman–Crippen LogP) is 2.95. The van der Waals surface area contributed by atoms with Crippen molar-refractivity contribution in [1.82, 2.24) is 0 Å². The maximum absolute atomic E-state index is 12.7. The van der Waals surface area contributed by atoms with Crippen LogP contribution < -0.4 is 4.90 Å². The molecular weight excluding hydrogens is 378 g/mol. The van der Waals surface area contributed by atoms with Crippen LogP contribution in [-0.2, 0) is 10.4 Å². The Bertz CT molecular complexity index is 838. The smallest absolute Gasteiger partial charge is 0.265 e. The van der Waals surface area contributed by atoms with E-state index in [1.807, 2.05) is 0 Å². The Hall–Kier alpha value is -1.94. The lowest BCUT2D eigenvalue weighted by atomic mass is 9.89. The van der Waals surface area contributed by atoms with Gasteiger partial charge in [-0.25, -0.2) is 0 Å². The number of hydrogen-bond donors (Lipinski definition) is 1. The number of thiophene rings is 1. The molecule has 1 aromatic heterocycles. The van der Waals surface area contributed by atoms with Crippen LogP contribution in [0.3, 0.4) is 0 Å². The van der Waals surface area contributed by atoms with Gasteiger partial charge in [-0.05, 0) is 34.1 Å². The SMILES string of the molecule is C#CCN1C(=O)[C@@](O)(CC(=O)c2ccc(Br)s2)c2ccccc21. The summed E-state index contributed by atoms with van der Waals surface area (Å²) in [6.07, 6.45) is 5.01. The van der Waals surface area contributed by atoms with Crippen molar-refractivity contribution in [2.75, 3.05) is 11.4 Å². The summed E-state index contributed by atoms with van der Waals surface area (Å²) >= 11 is 4.57. The molecule has 0 fully saturated rings. The monoisotopic (exact) mass is 389 g/mol. The molecule has 0 aliphatic carbocycles. The Morgan fingerprint density at radius 2 is 2.09 bits per heavy atom. The Balaban J connectivity index is 1.99. The molecule has 0 spiro atoms. The molecule has 6 heteroatoms. The van der Waals surface area contributed by atoms with Gasteiger partial charge in [-0.2, -0.15) is 0 Å². The number of hydrogen-bond acceptors (Lipinski definition) is 4. The van der Waals surface area contributed by atoms with Crippen LogP contribution in [0.5, 0.6) is 0 Å². The summed E-state index contributed by atoms with van der Waals surface area (Å²) < 4.78 is 0.819. The van der Waals surface area contributed by atoms with Crippen molar-refractivity contribution in [3.8, 4) is 12.3 Å². The van der Waals surface area contributed by atoms with Gasteiger partial charge < -0.3 is 5.11 Å². The molecule has 3 rings (SSSR count). The van der Waals surface area contributed by atoms with E-state index >= 15 is 0 Å². The zero-order valence-corrected chi connectivity index (χ0v) is 14.4. The van der Waals surface area contributed by atoms with E-state index < -0.39 is 11.5 Å². The summed E-state index contributed by atoms with van der Waals surface area (Å²) in [5.74, 6) is 1.57. The van der Waals surface area contributed by atoms with E-state index in [0.717, 1.165) is 3.79 Å². The molecular formula is C17H12BrNO3S. The fourth-order valence-corrected chi connectivity index (χ4v) is 4.03. The van der Waals surface area contributed by atoms with Crippen molar-refractivity contribution >= 4 is 44.6 Å². The Labute approximate surface area is 145 Å². The third-order valence-corrected chi connectivity index (χ3v) is 5.42. The number of terminal acetylenes is 1. The number of carbonyl (C=O) groups is 2. The topological polar surface area (TPSA) is 57.6 Å². The zero-order valence-electron chi connectivity index (χ0n) is 12.0. The van der Waals surface area contributed by atoms with Gasteiger partial charge in [0.25, 0.3) is 5.91 Å². The minimum atomic E-state index is -1.87. The second-order valence-electron chi connectivity index (χ2n) is 5.18. The first-order valence-electron chi connectivity index (χ1n) is 6.83. The van der Waals surface area contributed by atoms with Crippen molar-refractivity contribution < 1.29 is 14.7 Å². The Morgan fingerprint density at radius 1 is 1.35 bits per heavy atom. The molecule has 0 unspecified atom stereocenters. The van der Waals surface area contributed by atoms with Crippen molar-refractivity contribution in [2.24, 2.45) is 0 Å². The molecule has 1 aliphatic heterocycles. The van der Waals surface area contributed by atoms with Crippen molar-refractivity contribution in [3.05, 3.63) is 50.6 Å². The number of nitrogens with zero attached hydrogens (tertiary/aromatic N) is 1. The molecule has 0 saturated heterocycles. The molecule has 1 N–H and O–H groups in total. The van der Waals surface area contributed by atoms with Gasteiger partial charge in [0.2, 0.25) is 0 Å². The highest BCUT2D eigenvalue weighted by atomic mass is 79.9. The van der Waals surface area contributed by atoms with Crippen molar-refractivity contribution in [3.63, 3.8) is 0 Å². The minimum absolute atomic E-state index is 0.0525. The van der Waals surface area contributed by atoms with Gasteiger partial charge in [0, 0.05) is 5.56 Å². The molecule has 116 valence electrons. The highest BCUT2D eigenvalue weighted by Crippen LogP contribution is 2.43. The van der Waals surface area contributed by atoms with Gasteiger partial charge in [-0.15, -0.1) is 17.8 Å². The quantitative estimate of drug-likeness (QED) is 0.645. The molecule has 0 radical (unpaired) electrons. The fraction of sp³-hybridized carbons (Fsp3) is 0.176. The highest BCUT2D eigenvalue weighted by Gasteiger charge is 2.50. The normalized spacial score (nSPS) is 19.5. The third kappa shape index (κ3) is 2.61. The number of amides is 1. The highest BCUT2D eigenvalue weighted by molar-refractivity contribution is 9.11. The zero-order chi connectivity index (χ0) is 16.6. The van der Waals surface area contributed by atoms with Gasteiger partial charge in [-0.1, -0.05) is 24.1 Å². The first-order valence-corrected chi connectivity index (χ1v) is 8.44. The standard InChI is InChI=1S/C17H12BrNO3S/c1-2-9-19-12-6-4-3-5-11(12)17(22,16(19)21)10-13(20)14-7-8-15(18)23-14/h1,3-8,22H,9-10H2/t17-/m1/s1. The molecule has 0 bridgehead atoms. The number of halogens is 1. The summed E-state index contributed by atoms with van der Waals surface area (Å²) in [5.41, 5.74) is -0.900. The lowest BCUT2D eigenvalue weighted by Crippen LogP contribution is -2.41. The molecule has 1 aliphatic rings. The average Bonchev–Trinajstić information content (AvgIpc) is 3.05. The third-order valence-electron chi connectivity index (χ3n) is 3.75. The Morgan fingerprint density at radius 3 is 2.74 bits per heavy atom. The van der Waals surface area contributed by atoms with Crippen LogP contribution >= 0.6 is 27.3 Å². The van der Waals surface area contributed by atoms with Crippen LogP contribution in [-0.4, -0.2) is 23.3 Å². The molecule has 1 atom stereocenters. The van der Waals surface area contributed by atoms with Gasteiger partial charge >= 0.3 is 0 Å². The van der Waals surface area contributed by atoms with E-state index in [1.165, 1.54) is 16.2 Å². The average molecular weight is 390 g/mol. The number of Topliss-reactive ketones (excluding diaryl/α,β-unsaturated/α-hetero) is 1.